The fourth-order valence-electron chi connectivity index (χ4n) is 0.817. The Labute approximate surface area is 76.6 Å². The number of carbonyl (C=O) groups is 3. The summed E-state index contributed by atoms with van der Waals surface area (Å²) in [6.07, 6.45) is 0.984. The van der Waals surface area contributed by atoms with E-state index in [4.69, 9.17) is 0 Å². The van der Waals surface area contributed by atoms with Crippen molar-refractivity contribution >= 4 is 18.5 Å². The molecule has 0 saturated carbocycles. The summed E-state index contributed by atoms with van der Waals surface area (Å²) in [7, 11) is 1.22. The molecular weight excluding hydrogens is 172 g/mol. The van der Waals surface area contributed by atoms with E-state index in [-0.39, 0.29) is 5.57 Å². The average Bonchev–Trinajstić information content (AvgIpc) is 2.17. The molecular formula is C9H12O4. The Morgan fingerprint density at radius 1 is 1.38 bits per heavy atom. The third-order valence-electron chi connectivity index (χ3n) is 1.89. The van der Waals surface area contributed by atoms with Crippen molar-refractivity contribution < 1.29 is 19.1 Å². The zero-order chi connectivity index (χ0) is 10.4. The molecule has 0 amide bonds. The molecule has 1 atom stereocenters. The van der Waals surface area contributed by atoms with E-state index in [1.54, 1.807) is 6.92 Å². The van der Waals surface area contributed by atoms with Gasteiger partial charge in [0.25, 0.3) is 0 Å². The maximum absolute atomic E-state index is 10.9. The molecule has 0 N–H and O–H groups in total. The molecule has 0 rings (SSSR count). The van der Waals surface area contributed by atoms with Crippen molar-refractivity contribution in [1.82, 2.24) is 0 Å². The second kappa shape index (κ2) is 5.24. The molecule has 0 saturated heterocycles. The Bertz CT molecular complexity index is 224. The topological polar surface area (TPSA) is 60.4 Å². The van der Waals surface area contributed by atoms with Crippen molar-refractivity contribution in [2.45, 2.75) is 6.92 Å². The minimum atomic E-state index is -0.827. The molecule has 0 heterocycles. The summed E-state index contributed by atoms with van der Waals surface area (Å²) in [6.45, 7) is 5.03. The number of esters is 1. The standard InChI is InChI=1S/C9H12O4/c1-6(8(4-10)5-11)7(2)9(12)13-3/h4-6,8H,2H2,1,3H3/t6-/m0/s1. The highest BCUT2D eigenvalue weighted by atomic mass is 16.5. The van der Waals surface area contributed by atoms with E-state index in [1.165, 1.54) is 7.11 Å². The van der Waals surface area contributed by atoms with Gasteiger partial charge >= 0.3 is 5.97 Å². The Hall–Kier alpha value is -1.45. The number of hydrogen-bond donors (Lipinski definition) is 0. The summed E-state index contributed by atoms with van der Waals surface area (Å²) < 4.78 is 4.40. The average molecular weight is 184 g/mol. The van der Waals surface area contributed by atoms with Crippen molar-refractivity contribution in [2.75, 3.05) is 7.11 Å². The van der Waals surface area contributed by atoms with Gasteiger partial charge in [0.1, 0.15) is 12.6 Å². The Kier molecular flexibility index (Phi) is 4.66. The van der Waals surface area contributed by atoms with Crippen LogP contribution < -0.4 is 0 Å². The number of aldehydes is 2. The zero-order valence-electron chi connectivity index (χ0n) is 7.65. The first-order chi connectivity index (χ1) is 6.08. The van der Waals surface area contributed by atoms with Crippen molar-refractivity contribution in [3.63, 3.8) is 0 Å². The fraction of sp³-hybridized carbons (Fsp3) is 0.444. The summed E-state index contributed by atoms with van der Waals surface area (Å²) in [5.41, 5.74) is 0.131. The normalized spacial score (nSPS) is 11.9. The molecule has 0 aliphatic heterocycles. The van der Waals surface area contributed by atoms with Gasteiger partial charge in [-0.15, -0.1) is 0 Å². The van der Waals surface area contributed by atoms with Gasteiger partial charge in [0, 0.05) is 11.5 Å². The van der Waals surface area contributed by atoms with Gasteiger partial charge in [-0.2, -0.15) is 0 Å². The van der Waals surface area contributed by atoms with Gasteiger partial charge in [0.2, 0.25) is 0 Å². The predicted octanol–water partition coefficient (Wildman–Crippen LogP) is 0.366. The van der Waals surface area contributed by atoms with E-state index in [0.29, 0.717) is 12.6 Å². The van der Waals surface area contributed by atoms with Gasteiger partial charge in [-0.05, 0) is 0 Å². The molecule has 0 aliphatic rings. The quantitative estimate of drug-likeness (QED) is 0.268. The molecule has 4 heteroatoms. The van der Waals surface area contributed by atoms with Crippen molar-refractivity contribution in [3.05, 3.63) is 12.2 Å². The van der Waals surface area contributed by atoms with Crippen LogP contribution in [0.4, 0.5) is 0 Å². The summed E-state index contributed by atoms with van der Waals surface area (Å²) in [4.78, 5) is 31.7. The Morgan fingerprint density at radius 2 is 1.85 bits per heavy atom. The first kappa shape index (κ1) is 11.6. The molecule has 0 aromatic carbocycles. The molecule has 0 spiro atoms. The van der Waals surface area contributed by atoms with Crippen LogP contribution in [0, 0.1) is 11.8 Å². The molecule has 0 fully saturated rings. The van der Waals surface area contributed by atoms with E-state index >= 15 is 0 Å². The molecule has 0 unspecified atom stereocenters. The van der Waals surface area contributed by atoms with Crippen molar-refractivity contribution in [3.8, 4) is 0 Å². The smallest absolute Gasteiger partial charge is 0.333 e. The number of rotatable bonds is 5. The van der Waals surface area contributed by atoms with Crippen LogP contribution in [0.1, 0.15) is 6.92 Å². The Balaban J connectivity index is 4.48. The van der Waals surface area contributed by atoms with Gasteiger partial charge in [-0.3, -0.25) is 0 Å². The number of carbonyl (C=O) groups excluding carboxylic acids is 3. The first-order valence-electron chi connectivity index (χ1n) is 3.76. The third-order valence-corrected chi connectivity index (χ3v) is 1.89. The van der Waals surface area contributed by atoms with Gasteiger partial charge < -0.3 is 14.3 Å². The summed E-state index contributed by atoms with van der Waals surface area (Å²) in [6, 6.07) is 0. The van der Waals surface area contributed by atoms with Crippen LogP contribution in [0.15, 0.2) is 12.2 Å². The maximum atomic E-state index is 10.9. The highest BCUT2D eigenvalue weighted by Gasteiger charge is 2.23. The third kappa shape index (κ3) is 2.82. The molecule has 0 bridgehead atoms. The van der Waals surface area contributed by atoms with Gasteiger partial charge in [-0.1, -0.05) is 13.5 Å². The number of methoxy groups -OCH3 is 1. The second-order valence-corrected chi connectivity index (χ2v) is 2.66. The van der Waals surface area contributed by atoms with E-state index in [0.717, 1.165) is 0 Å². The van der Waals surface area contributed by atoms with Crippen molar-refractivity contribution in [2.24, 2.45) is 11.8 Å². The molecule has 13 heavy (non-hydrogen) atoms. The largest absolute Gasteiger partial charge is 0.466 e. The summed E-state index contributed by atoms with van der Waals surface area (Å²) >= 11 is 0. The van der Waals surface area contributed by atoms with E-state index in [2.05, 4.69) is 11.3 Å². The molecule has 0 aromatic rings. The summed E-state index contributed by atoms with van der Waals surface area (Å²) in [5, 5.41) is 0. The lowest BCUT2D eigenvalue weighted by Crippen LogP contribution is -2.21. The molecule has 0 radical (unpaired) electrons. The van der Waals surface area contributed by atoms with Crippen LogP contribution in [0.2, 0.25) is 0 Å². The van der Waals surface area contributed by atoms with Gasteiger partial charge in [0.05, 0.1) is 13.0 Å². The molecule has 0 aromatic heterocycles. The van der Waals surface area contributed by atoms with Crippen molar-refractivity contribution in [1.29, 1.82) is 0 Å². The summed E-state index contributed by atoms with van der Waals surface area (Å²) in [5.74, 6) is -1.93. The van der Waals surface area contributed by atoms with Gasteiger partial charge in [-0.25, -0.2) is 4.79 Å². The van der Waals surface area contributed by atoms with E-state index < -0.39 is 17.8 Å². The fourth-order valence-corrected chi connectivity index (χ4v) is 0.817. The lowest BCUT2D eigenvalue weighted by Gasteiger charge is -2.13. The minimum Gasteiger partial charge on any atom is -0.466 e. The van der Waals surface area contributed by atoms with Crippen LogP contribution in [0.3, 0.4) is 0 Å². The Morgan fingerprint density at radius 3 is 2.15 bits per heavy atom. The van der Waals surface area contributed by atoms with Crippen LogP contribution in [0.5, 0.6) is 0 Å². The van der Waals surface area contributed by atoms with E-state index in [1.807, 2.05) is 0 Å². The molecule has 0 aliphatic carbocycles. The lowest BCUT2D eigenvalue weighted by atomic mass is 9.90. The predicted molar refractivity (Wildman–Crippen MR) is 45.9 cm³/mol. The van der Waals surface area contributed by atoms with Gasteiger partial charge in [0.15, 0.2) is 0 Å². The number of ether oxygens (including phenoxy) is 1. The zero-order valence-corrected chi connectivity index (χ0v) is 7.65. The van der Waals surface area contributed by atoms with Crippen LogP contribution in [-0.4, -0.2) is 25.7 Å². The van der Waals surface area contributed by atoms with Crippen LogP contribution in [-0.2, 0) is 19.1 Å². The SMILES string of the molecule is C=C(C(=O)OC)[C@H](C)C(C=O)C=O. The molecule has 72 valence electrons. The molecule has 4 nitrogen and oxygen atoms in total. The van der Waals surface area contributed by atoms with E-state index in [9.17, 15) is 14.4 Å². The monoisotopic (exact) mass is 184 g/mol. The minimum absolute atomic E-state index is 0.131. The van der Waals surface area contributed by atoms with Crippen LogP contribution >= 0.6 is 0 Å². The first-order valence-corrected chi connectivity index (χ1v) is 3.76. The lowest BCUT2D eigenvalue weighted by molar-refractivity contribution is -0.136. The van der Waals surface area contributed by atoms with Crippen LogP contribution in [0.25, 0.3) is 0 Å². The maximum Gasteiger partial charge on any atom is 0.333 e. The highest BCUT2D eigenvalue weighted by Crippen LogP contribution is 2.16. The highest BCUT2D eigenvalue weighted by molar-refractivity contribution is 5.90. The second-order valence-electron chi connectivity index (χ2n) is 2.66. The number of hydrogen-bond acceptors (Lipinski definition) is 4.